The van der Waals surface area contributed by atoms with Crippen molar-refractivity contribution in [3.05, 3.63) is 68.5 Å². The van der Waals surface area contributed by atoms with Crippen molar-refractivity contribution >= 4 is 79.4 Å². The Balaban J connectivity index is 1.69. The number of nitrogens with one attached hydrogen (secondary N) is 1. The van der Waals surface area contributed by atoms with Gasteiger partial charge in [0.15, 0.2) is 0 Å². The van der Waals surface area contributed by atoms with Gasteiger partial charge >= 0.3 is 0 Å². The average molecular weight is 468 g/mol. The number of benzene rings is 2. The summed E-state index contributed by atoms with van der Waals surface area (Å²) in [7, 11) is 0. The second-order valence-corrected chi connectivity index (χ2v) is 8.41. The molecule has 4 nitrogen and oxygen atoms in total. The van der Waals surface area contributed by atoms with E-state index in [9.17, 15) is 9.59 Å². The maximum Gasteiger partial charge on any atom is 0.266 e. The number of thiocarbonyl (C=S) groups is 1. The molecule has 132 valence electrons. The number of halogens is 2. The topological polar surface area (TPSA) is 49.4 Å². The highest BCUT2D eigenvalue weighted by molar-refractivity contribution is 9.10. The fourth-order valence-electron chi connectivity index (χ4n) is 2.26. The molecule has 1 aliphatic heterocycles. The summed E-state index contributed by atoms with van der Waals surface area (Å²) in [6.45, 7) is -0.136. The Morgan fingerprint density at radius 2 is 2.00 bits per heavy atom. The van der Waals surface area contributed by atoms with Gasteiger partial charge in [-0.3, -0.25) is 14.5 Å². The third kappa shape index (κ3) is 4.73. The van der Waals surface area contributed by atoms with Crippen LogP contribution in [-0.4, -0.2) is 27.6 Å². The predicted molar refractivity (Wildman–Crippen MR) is 114 cm³/mol. The van der Waals surface area contributed by atoms with Crippen LogP contribution in [0.25, 0.3) is 6.08 Å². The van der Waals surface area contributed by atoms with Crippen molar-refractivity contribution < 1.29 is 9.59 Å². The second kappa shape index (κ2) is 8.35. The van der Waals surface area contributed by atoms with Gasteiger partial charge in [-0.25, -0.2) is 0 Å². The van der Waals surface area contributed by atoms with Crippen LogP contribution < -0.4 is 5.32 Å². The quantitative estimate of drug-likeness (QED) is 0.511. The van der Waals surface area contributed by atoms with E-state index in [1.54, 1.807) is 30.3 Å². The summed E-state index contributed by atoms with van der Waals surface area (Å²) in [5, 5.41) is 3.30. The minimum Gasteiger partial charge on any atom is -0.325 e. The molecule has 0 radical (unpaired) electrons. The Morgan fingerprint density at radius 3 is 2.69 bits per heavy atom. The van der Waals surface area contributed by atoms with Crippen molar-refractivity contribution in [3.8, 4) is 0 Å². The van der Waals surface area contributed by atoms with E-state index in [0.29, 0.717) is 19.9 Å². The molecular weight excluding hydrogens is 456 g/mol. The summed E-state index contributed by atoms with van der Waals surface area (Å²) in [4.78, 5) is 26.6. The van der Waals surface area contributed by atoms with Gasteiger partial charge < -0.3 is 5.32 Å². The molecule has 8 heteroatoms. The number of amides is 2. The zero-order valence-electron chi connectivity index (χ0n) is 13.2. The van der Waals surface area contributed by atoms with Crippen LogP contribution in [0.15, 0.2) is 57.9 Å². The van der Waals surface area contributed by atoms with Crippen LogP contribution in [0.3, 0.4) is 0 Å². The van der Waals surface area contributed by atoms with E-state index in [1.807, 2.05) is 24.3 Å². The van der Waals surface area contributed by atoms with Gasteiger partial charge in [-0.2, -0.15) is 0 Å². The molecule has 0 spiro atoms. The van der Waals surface area contributed by atoms with E-state index in [1.165, 1.54) is 16.7 Å². The molecule has 2 aromatic carbocycles. The first-order chi connectivity index (χ1) is 12.4. The van der Waals surface area contributed by atoms with E-state index in [2.05, 4.69) is 21.2 Å². The van der Waals surface area contributed by atoms with E-state index in [4.69, 9.17) is 23.8 Å². The lowest BCUT2D eigenvalue weighted by Gasteiger charge is -2.14. The van der Waals surface area contributed by atoms with Gasteiger partial charge in [0.1, 0.15) is 10.9 Å². The zero-order chi connectivity index (χ0) is 18.7. The van der Waals surface area contributed by atoms with E-state index < -0.39 is 0 Å². The summed E-state index contributed by atoms with van der Waals surface area (Å²) in [6.07, 6.45) is 1.77. The van der Waals surface area contributed by atoms with Crippen LogP contribution in [0.2, 0.25) is 5.02 Å². The summed E-state index contributed by atoms with van der Waals surface area (Å²) in [6, 6.07) is 14.3. The first-order valence-corrected chi connectivity index (χ1v) is 9.88. The van der Waals surface area contributed by atoms with Crippen LogP contribution in [0.4, 0.5) is 5.69 Å². The highest BCUT2D eigenvalue weighted by atomic mass is 79.9. The fraction of sp³-hybridized carbons (Fsp3) is 0.0556. The van der Waals surface area contributed by atoms with Crippen LogP contribution in [-0.2, 0) is 9.59 Å². The van der Waals surface area contributed by atoms with Gasteiger partial charge in [0.05, 0.1) is 4.91 Å². The number of hydrogen-bond acceptors (Lipinski definition) is 4. The monoisotopic (exact) mass is 466 g/mol. The smallest absolute Gasteiger partial charge is 0.266 e. The Kier molecular flexibility index (Phi) is 6.13. The first kappa shape index (κ1) is 19.1. The number of hydrogen-bond donors (Lipinski definition) is 1. The van der Waals surface area contributed by atoms with Crippen LogP contribution >= 0.6 is 51.5 Å². The molecule has 2 amide bonds. The molecule has 26 heavy (non-hydrogen) atoms. The Morgan fingerprint density at radius 1 is 1.27 bits per heavy atom. The van der Waals surface area contributed by atoms with Crippen molar-refractivity contribution in [2.24, 2.45) is 0 Å². The van der Waals surface area contributed by atoms with Gasteiger partial charge in [-0.15, -0.1) is 0 Å². The lowest BCUT2D eigenvalue weighted by Crippen LogP contribution is -2.36. The third-order valence-corrected chi connectivity index (χ3v) is 5.57. The predicted octanol–water partition coefficient (Wildman–Crippen LogP) is 4.94. The summed E-state index contributed by atoms with van der Waals surface area (Å²) in [5.41, 5.74) is 1.49. The first-order valence-electron chi connectivity index (χ1n) is 7.49. The molecule has 0 aromatic heterocycles. The van der Waals surface area contributed by atoms with Crippen molar-refractivity contribution in [1.29, 1.82) is 0 Å². The molecule has 1 heterocycles. The zero-order valence-corrected chi connectivity index (χ0v) is 17.2. The minimum absolute atomic E-state index is 0.136. The summed E-state index contributed by atoms with van der Waals surface area (Å²) < 4.78 is 1.28. The van der Waals surface area contributed by atoms with Crippen LogP contribution in [0.5, 0.6) is 0 Å². The highest BCUT2D eigenvalue weighted by Crippen LogP contribution is 2.32. The molecule has 1 aliphatic rings. The largest absolute Gasteiger partial charge is 0.325 e. The standard InChI is InChI=1S/C18H12BrClN2O2S2/c19-12-3-1-2-11(8-12)9-15-17(24)22(18(25)26-15)10-16(23)21-14-6-4-13(20)5-7-14/h1-9H,10H2,(H,21,23)/b15-9-. The molecule has 0 atom stereocenters. The molecule has 2 aromatic rings. The normalized spacial score (nSPS) is 15.6. The van der Waals surface area contributed by atoms with Crippen molar-refractivity contribution in [3.63, 3.8) is 0 Å². The van der Waals surface area contributed by atoms with E-state index in [-0.39, 0.29) is 18.4 Å². The lowest BCUT2D eigenvalue weighted by atomic mass is 10.2. The van der Waals surface area contributed by atoms with Crippen LogP contribution in [0, 0.1) is 0 Å². The molecule has 1 saturated heterocycles. The fourth-order valence-corrected chi connectivity index (χ4v) is 4.06. The SMILES string of the molecule is O=C(CN1C(=O)/C(=C/c2cccc(Br)c2)SC1=S)Nc1ccc(Cl)cc1. The Hall–Kier alpha value is -1.67. The van der Waals surface area contributed by atoms with Crippen molar-refractivity contribution in [2.75, 3.05) is 11.9 Å². The number of thioether (sulfide) groups is 1. The minimum atomic E-state index is -0.327. The van der Waals surface area contributed by atoms with Gasteiger partial charge in [0.25, 0.3) is 5.91 Å². The molecule has 0 unspecified atom stereocenters. The van der Waals surface area contributed by atoms with Crippen LogP contribution in [0.1, 0.15) is 5.56 Å². The average Bonchev–Trinajstić information content (AvgIpc) is 2.84. The number of nitrogens with zero attached hydrogens (tertiary/aromatic N) is 1. The van der Waals surface area contributed by atoms with Gasteiger partial charge in [-0.05, 0) is 48.0 Å². The Bertz CT molecular complexity index is 916. The van der Waals surface area contributed by atoms with E-state index >= 15 is 0 Å². The third-order valence-electron chi connectivity index (χ3n) is 3.45. The highest BCUT2D eigenvalue weighted by Gasteiger charge is 2.33. The molecule has 0 saturated carbocycles. The second-order valence-electron chi connectivity index (χ2n) is 5.38. The molecular formula is C18H12BrClN2O2S2. The van der Waals surface area contributed by atoms with Crippen molar-refractivity contribution in [1.82, 2.24) is 4.90 Å². The molecule has 0 aliphatic carbocycles. The van der Waals surface area contributed by atoms with E-state index in [0.717, 1.165) is 10.0 Å². The summed E-state index contributed by atoms with van der Waals surface area (Å²) in [5.74, 6) is -0.599. The van der Waals surface area contributed by atoms with Crippen molar-refractivity contribution in [2.45, 2.75) is 0 Å². The molecule has 3 rings (SSSR count). The lowest BCUT2D eigenvalue weighted by molar-refractivity contribution is -0.126. The van der Waals surface area contributed by atoms with Gasteiger partial charge in [0, 0.05) is 15.2 Å². The maximum atomic E-state index is 12.6. The molecule has 1 N–H and O–H groups in total. The maximum absolute atomic E-state index is 12.6. The number of carbonyl (C=O) groups excluding carboxylic acids is 2. The molecule has 0 bridgehead atoms. The van der Waals surface area contributed by atoms with Gasteiger partial charge in [-0.1, -0.05) is 63.6 Å². The number of carbonyl (C=O) groups is 2. The molecule has 1 fully saturated rings. The Labute approximate surface area is 173 Å². The number of rotatable bonds is 4. The van der Waals surface area contributed by atoms with Gasteiger partial charge in [0.2, 0.25) is 5.91 Å². The summed E-state index contributed by atoms with van der Waals surface area (Å²) >= 11 is 15.7. The number of anilines is 1.